The number of hydrogen-bond acceptors (Lipinski definition) is 5. The van der Waals surface area contributed by atoms with Gasteiger partial charge in [-0.3, -0.25) is 13.9 Å². The molecule has 0 heterocycles. The molecule has 46 heavy (non-hydrogen) atoms. The van der Waals surface area contributed by atoms with Crippen molar-refractivity contribution in [2.24, 2.45) is 0 Å². The van der Waals surface area contributed by atoms with Gasteiger partial charge in [-0.05, 0) is 60.0 Å². The molecule has 0 spiro atoms. The zero-order chi connectivity index (χ0) is 33.3. The minimum Gasteiger partial charge on any atom is -0.495 e. The maximum Gasteiger partial charge on any atom is 0.264 e. The molecule has 0 aliphatic rings. The molecule has 0 saturated heterocycles. The van der Waals surface area contributed by atoms with Crippen molar-refractivity contribution in [3.63, 3.8) is 0 Å². The number of rotatable bonds is 14. The van der Waals surface area contributed by atoms with Crippen LogP contribution in [0.2, 0.25) is 15.1 Å². The monoisotopic (exact) mass is 701 g/mol. The van der Waals surface area contributed by atoms with Gasteiger partial charge in [0.15, 0.2) is 0 Å². The molecule has 0 aliphatic carbocycles. The normalized spacial score (nSPS) is 11.8. The molecule has 0 radical (unpaired) electrons. The van der Waals surface area contributed by atoms with Gasteiger partial charge >= 0.3 is 0 Å². The number of ether oxygens (including phenoxy) is 1. The summed E-state index contributed by atoms with van der Waals surface area (Å²) < 4.78 is 34.8. The smallest absolute Gasteiger partial charge is 0.264 e. The largest absolute Gasteiger partial charge is 0.495 e. The van der Waals surface area contributed by atoms with Crippen LogP contribution in [-0.4, -0.2) is 51.4 Å². The average Bonchev–Trinajstić information content (AvgIpc) is 3.06. The fourth-order valence-electron chi connectivity index (χ4n) is 4.85. The highest BCUT2D eigenvalue weighted by Crippen LogP contribution is 2.35. The Bertz CT molecular complexity index is 1760. The highest BCUT2D eigenvalue weighted by Gasteiger charge is 2.35. The van der Waals surface area contributed by atoms with Crippen LogP contribution >= 0.6 is 34.8 Å². The van der Waals surface area contributed by atoms with Crippen LogP contribution < -0.4 is 14.4 Å². The predicted octanol–water partition coefficient (Wildman–Crippen LogP) is 7.02. The number of benzene rings is 4. The van der Waals surface area contributed by atoms with Crippen LogP contribution in [0.3, 0.4) is 0 Å². The van der Waals surface area contributed by atoms with Gasteiger partial charge in [-0.25, -0.2) is 8.42 Å². The van der Waals surface area contributed by atoms with Crippen LogP contribution in [0.1, 0.15) is 24.5 Å². The Balaban J connectivity index is 1.85. The maximum atomic E-state index is 14.6. The van der Waals surface area contributed by atoms with Crippen LogP contribution in [0.4, 0.5) is 5.69 Å². The second-order valence-corrected chi connectivity index (χ2v) is 13.5. The fourth-order valence-corrected chi connectivity index (χ4v) is 6.77. The Morgan fingerprint density at radius 3 is 2.15 bits per heavy atom. The van der Waals surface area contributed by atoms with E-state index in [9.17, 15) is 18.0 Å². The zero-order valence-corrected chi connectivity index (χ0v) is 28.4. The molecule has 0 aliphatic heterocycles. The number of carbonyl (C=O) groups excluding carboxylic acids is 2. The summed E-state index contributed by atoms with van der Waals surface area (Å²) in [6.07, 6.45) is 0.859. The molecule has 0 aromatic heterocycles. The van der Waals surface area contributed by atoms with Gasteiger partial charge in [0, 0.05) is 24.5 Å². The third-order valence-corrected chi connectivity index (χ3v) is 9.92. The summed E-state index contributed by atoms with van der Waals surface area (Å²) in [6, 6.07) is 25.5. The summed E-state index contributed by atoms with van der Waals surface area (Å²) in [6.45, 7) is 1.60. The van der Waals surface area contributed by atoms with E-state index < -0.39 is 28.5 Å². The van der Waals surface area contributed by atoms with Gasteiger partial charge in [-0.15, -0.1) is 0 Å². The molecule has 2 amide bonds. The minimum atomic E-state index is -4.33. The van der Waals surface area contributed by atoms with Crippen molar-refractivity contribution in [1.82, 2.24) is 10.2 Å². The summed E-state index contributed by atoms with van der Waals surface area (Å²) in [5.41, 5.74) is 1.48. The molecule has 4 rings (SSSR count). The Morgan fingerprint density at radius 1 is 0.848 bits per heavy atom. The molecule has 1 atom stereocenters. The quantitative estimate of drug-likeness (QED) is 0.153. The van der Waals surface area contributed by atoms with Crippen molar-refractivity contribution in [2.75, 3.05) is 24.5 Å². The summed E-state index contributed by atoms with van der Waals surface area (Å²) in [5, 5.41) is 3.76. The predicted molar refractivity (Wildman–Crippen MR) is 183 cm³/mol. The van der Waals surface area contributed by atoms with Gasteiger partial charge in [0.05, 0.1) is 27.7 Å². The third-order valence-electron chi connectivity index (χ3n) is 7.18. The minimum absolute atomic E-state index is 0.0395. The van der Waals surface area contributed by atoms with E-state index in [1.54, 1.807) is 42.5 Å². The summed E-state index contributed by atoms with van der Waals surface area (Å²) >= 11 is 18.8. The van der Waals surface area contributed by atoms with Crippen LogP contribution in [-0.2, 0) is 32.6 Å². The van der Waals surface area contributed by atoms with Crippen molar-refractivity contribution in [3.05, 3.63) is 123 Å². The van der Waals surface area contributed by atoms with Crippen molar-refractivity contribution in [1.29, 1.82) is 0 Å². The Kier molecular flexibility index (Phi) is 12.3. The average molecular weight is 703 g/mol. The van der Waals surface area contributed by atoms with Crippen LogP contribution in [0.15, 0.2) is 102 Å². The number of amides is 2. The van der Waals surface area contributed by atoms with Crippen molar-refractivity contribution in [2.45, 2.75) is 37.2 Å². The first-order chi connectivity index (χ1) is 22.0. The van der Waals surface area contributed by atoms with Gasteiger partial charge in [0.2, 0.25) is 11.8 Å². The van der Waals surface area contributed by atoms with E-state index in [0.29, 0.717) is 23.6 Å². The van der Waals surface area contributed by atoms with E-state index in [1.165, 1.54) is 36.3 Å². The van der Waals surface area contributed by atoms with E-state index >= 15 is 0 Å². The molecule has 4 aromatic rings. The zero-order valence-electron chi connectivity index (χ0n) is 25.3. The number of hydrogen-bond donors (Lipinski definition) is 1. The Labute approximate surface area is 284 Å². The van der Waals surface area contributed by atoms with Gasteiger partial charge < -0.3 is 15.0 Å². The molecule has 242 valence electrons. The highest BCUT2D eigenvalue weighted by molar-refractivity contribution is 7.92. The fraction of sp³-hybridized carbons (Fsp3) is 0.235. The maximum absolute atomic E-state index is 14.6. The second kappa shape index (κ2) is 16.2. The van der Waals surface area contributed by atoms with Crippen molar-refractivity contribution >= 4 is 62.3 Å². The van der Waals surface area contributed by atoms with Crippen molar-refractivity contribution in [3.8, 4) is 5.75 Å². The first kappa shape index (κ1) is 35.1. The SMILES string of the molecule is CCCNC(=O)C(Cc1ccccc1)N(Cc1ccc(Cl)c(Cl)c1)C(=O)CN(c1cc(Cl)ccc1OC)S(=O)(=O)c1ccccc1. The topological polar surface area (TPSA) is 96.0 Å². The van der Waals surface area contributed by atoms with Gasteiger partial charge in [-0.2, -0.15) is 0 Å². The molecular formula is C34H34Cl3N3O5S. The van der Waals surface area contributed by atoms with Crippen LogP contribution in [0.25, 0.3) is 0 Å². The summed E-state index contributed by atoms with van der Waals surface area (Å²) in [4.78, 5) is 29.7. The van der Waals surface area contributed by atoms with E-state index in [4.69, 9.17) is 39.5 Å². The number of anilines is 1. The molecule has 1 N–H and O–H groups in total. The summed E-state index contributed by atoms with van der Waals surface area (Å²) in [7, 11) is -2.93. The Morgan fingerprint density at radius 2 is 1.52 bits per heavy atom. The molecule has 4 aromatic carbocycles. The molecule has 0 bridgehead atoms. The molecule has 0 saturated carbocycles. The molecule has 0 fully saturated rings. The number of sulfonamides is 1. The number of nitrogens with zero attached hydrogens (tertiary/aromatic N) is 2. The second-order valence-electron chi connectivity index (χ2n) is 10.4. The first-order valence-electron chi connectivity index (χ1n) is 14.5. The first-order valence-corrected chi connectivity index (χ1v) is 17.1. The molecule has 8 nitrogen and oxygen atoms in total. The highest BCUT2D eigenvalue weighted by atomic mass is 35.5. The number of methoxy groups -OCH3 is 1. The van der Waals surface area contributed by atoms with Gasteiger partial charge in [0.1, 0.15) is 18.3 Å². The molecule has 12 heteroatoms. The lowest BCUT2D eigenvalue weighted by Crippen LogP contribution is -2.53. The lowest BCUT2D eigenvalue weighted by molar-refractivity contribution is -0.140. The van der Waals surface area contributed by atoms with E-state index in [2.05, 4.69) is 5.32 Å². The molecular weight excluding hydrogens is 669 g/mol. The lowest BCUT2D eigenvalue weighted by Gasteiger charge is -2.34. The molecule has 1 unspecified atom stereocenters. The standard InChI is InChI=1S/C34H34Cl3N3O5S/c1-3-18-38-34(42)31(20-24-10-6-4-7-11-24)39(22-25-14-16-28(36)29(37)19-25)33(41)23-40(30-21-26(35)15-17-32(30)45-2)46(43,44)27-12-8-5-9-13-27/h4-17,19,21,31H,3,18,20,22-23H2,1-2H3,(H,38,42). The number of halogens is 3. The van der Waals surface area contributed by atoms with Gasteiger partial charge in [-0.1, -0.05) is 96.3 Å². The number of nitrogens with one attached hydrogen (secondary N) is 1. The van der Waals surface area contributed by atoms with E-state index in [0.717, 1.165) is 9.87 Å². The van der Waals surface area contributed by atoms with Crippen LogP contribution in [0, 0.1) is 0 Å². The van der Waals surface area contributed by atoms with Gasteiger partial charge in [0.25, 0.3) is 10.0 Å². The van der Waals surface area contributed by atoms with E-state index in [1.807, 2.05) is 37.3 Å². The number of carbonyl (C=O) groups is 2. The van der Waals surface area contributed by atoms with E-state index in [-0.39, 0.29) is 45.3 Å². The van der Waals surface area contributed by atoms with Crippen LogP contribution in [0.5, 0.6) is 5.75 Å². The summed E-state index contributed by atoms with van der Waals surface area (Å²) in [5.74, 6) is -0.827. The Hall–Kier alpha value is -3.76. The third kappa shape index (κ3) is 8.73. The van der Waals surface area contributed by atoms with Crippen molar-refractivity contribution < 1.29 is 22.7 Å². The lowest BCUT2D eigenvalue weighted by atomic mass is 10.0.